The fourth-order valence-corrected chi connectivity index (χ4v) is 6.88. The van der Waals surface area contributed by atoms with Crippen molar-refractivity contribution >= 4 is 5.82 Å². The lowest BCUT2D eigenvalue weighted by Gasteiger charge is -2.46. The molecule has 0 spiro atoms. The van der Waals surface area contributed by atoms with Crippen LogP contribution in [0.4, 0.5) is 27.8 Å². The zero-order valence-corrected chi connectivity index (χ0v) is 17.7. The lowest BCUT2D eigenvalue weighted by atomic mass is 9.66. The first-order valence-electron chi connectivity index (χ1n) is 11.2. The molecule has 2 aromatic heterocycles. The Labute approximate surface area is 186 Å². The van der Waals surface area contributed by atoms with Gasteiger partial charge in [0.25, 0.3) is 6.43 Å². The van der Waals surface area contributed by atoms with E-state index in [0.29, 0.717) is 23.8 Å². The van der Waals surface area contributed by atoms with Crippen LogP contribution in [-0.4, -0.2) is 58.4 Å². The van der Waals surface area contributed by atoms with Gasteiger partial charge in [0.2, 0.25) is 0 Å². The van der Waals surface area contributed by atoms with Crippen LogP contribution in [0.25, 0.3) is 11.3 Å². The van der Waals surface area contributed by atoms with E-state index in [9.17, 15) is 22.0 Å². The van der Waals surface area contributed by atoms with Gasteiger partial charge in [-0.15, -0.1) is 0 Å². The number of nitrogens with two attached hydrogens (primary N) is 1. The Kier molecular flexibility index (Phi) is 4.59. The molecule has 5 atom stereocenters. The fraction of sp³-hybridized carbons (Fsp3) is 0.636. The van der Waals surface area contributed by atoms with E-state index < -0.39 is 30.5 Å². The molecule has 0 amide bonds. The molecule has 4 fully saturated rings. The largest absolute Gasteiger partial charge is 0.419 e. The summed E-state index contributed by atoms with van der Waals surface area (Å²) in [4.78, 5) is 6.16. The van der Waals surface area contributed by atoms with Crippen molar-refractivity contribution in [2.24, 2.45) is 17.8 Å². The van der Waals surface area contributed by atoms with Gasteiger partial charge in [0.15, 0.2) is 0 Å². The SMILES string of the molecule is Nc1ncc(-c2cc([C@]34CC5C(N6CCOCC6)C[C@H]3[C@@H]54)n(CC(F)F)n2)cc1C(F)(F)F. The first kappa shape index (κ1) is 21.3. The summed E-state index contributed by atoms with van der Waals surface area (Å²) in [5.74, 6) is 0.749. The smallest absolute Gasteiger partial charge is 0.383 e. The van der Waals surface area contributed by atoms with Gasteiger partial charge >= 0.3 is 6.18 Å². The van der Waals surface area contributed by atoms with Gasteiger partial charge in [-0.1, -0.05) is 0 Å². The molecule has 2 unspecified atom stereocenters. The number of alkyl halides is 5. The van der Waals surface area contributed by atoms with Crippen molar-refractivity contribution in [3.8, 4) is 11.3 Å². The molecule has 178 valence electrons. The summed E-state index contributed by atoms with van der Waals surface area (Å²) in [6, 6.07) is 3.09. The summed E-state index contributed by atoms with van der Waals surface area (Å²) in [6.07, 6.45) is -4.13. The highest BCUT2D eigenvalue weighted by Gasteiger charge is 2.82. The molecule has 1 aliphatic heterocycles. The monoisotopic (exact) mass is 469 g/mol. The predicted molar refractivity (Wildman–Crippen MR) is 108 cm³/mol. The number of halogens is 5. The minimum atomic E-state index is -4.66. The van der Waals surface area contributed by atoms with Crippen LogP contribution < -0.4 is 5.73 Å². The molecule has 3 saturated carbocycles. The fourth-order valence-electron chi connectivity index (χ4n) is 6.88. The van der Waals surface area contributed by atoms with Crippen LogP contribution in [0.5, 0.6) is 0 Å². The average molecular weight is 469 g/mol. The molecule has 2 N–H and O–H groups in total. The van der Waals surface area contributed by atoms with E-state index in [0.717, 1.165) is 50.9 Å². The number of fused-ring (bicyclic) bond motifs is 1. The van der Waals surface area contributed by atoms with Crippen LogP contribution >= 0.6 is 0 Å². The third-order valence-corrected chi connectivity index (χ3v) is 8.21. The number of anilines is 1. The van der Waals surface area contributed by atoms with E-state index >= 15 is 0 Å². The van der Waals surface area contributed by atoms with E-state index in [1.807, 2.05) is 0 Å². The molecule has 0 radical (unpaired) electrons. The van der Waals surface area contributed by atoms with Gasteiger partial charge in [-0.05, 0) is 42.7 Å². The third kappa shape index (κ3) is 3.11. The summed E-state index contributed by atoms with van der Waals surface area (Å²) < 4.78 is 73.3. The Morgan fingerprint density at radius 3 is 2.58 bits per heavy atom. The topological polar surface area (TPSA) is 69.2 Å². The molecule has 0 bridgehead atoms. The molecule has 2 aromatic rings. The van der Waals surface area contributed by atoms with Gasteiger partial charge in [-0.25, -0.2) is 13.8 Å². The van der Waals surface area contributed by atoms with Crippen LogP contribution in [-0.2, 0) is 22.9 Å². The summed E-state index contributed by atoms with van der Waals surface area (Å²) in [6.45, 7) is 2.75. The first-order valence-corrected chi connectivity index (χ1v) is 11.2. The van der Waals surface area contributed by atoms with E-state index in [-0.39, 0.29) is 16.7 Å². The van der Waals surface area contributed by atoms with Crippen LogP contribution in [0.15, 0.2) is 18.3 Å². The number of hydrogen-bond acceptors (Lipinski definition) is 5. The average Bonchev–Trinajstić information content (AvgIpc) is 3.04. The number of pyridine rings is 1. The van der Waals surface area contributed by atoms with Crippen LogP contribution in [0.3, 0.4) is 0 Å². The number of nitrogen functional groups attached to an aromatic ring is 1. The van der Waals surface area contributed by atoms with Crippen molar-refractivity contribution in [1.82, 2.24) is 19.7 Å². The molecular formula is C22H24F5N5O. The van der Waals surface area contributed by atoms with Gasteiger partial charge in [0.1, 0.15) is 12.4 Å². The number of morpholine rings is 1. The highest BCUT2D eigenvalue weighted by molar-refractivity contribution is 5.64. The zero-order valence-electron chi connectivity index (χ0n) is 17.7. The summed E-state index contributed by atoms with van der Waals surface area (Å²) in [5.41, 5.74) is 5.23. The van der Waals surface area contributed by atoms with E-state index in [1.54, 1.807) is 6.07 Å². The second-order valence-electron chi connectivity index (χ2n) is 9.63. The number of hydrogen-bond donors (Lipinski definition) is 1. The van der Waals surface area contributed by atoms with E-state index in [4.69, 9.17) is 10.5 Å². The molecular weight excluding hydrogens is 445 g/mol. The Bertz CT molecular complexity index is 1080. The molecule has 33 heavy (non-hydrogen) atoms. The van der Waals surface area contributed by atoms with Crippen molar-refractivity contribution in [1.29, 1.82) is 0 Å². The quantitative estimate of drug-likeness (QED) is 0.680. The Hall–Kier alpha value is -2.27. The molecule has 0 aromatic carbocycles. The lowest BCUT2D eigenvalue weighted by molar-refractivity contribution is -0.137. The highest BCUT2D eigenvalue weighted by atomic mass is 19.4. The summed E-state index contributed by atoms with van der Waals surface area (Å²) in [5, 5.41) is 4.30. The molecule has 3 aliphatic carbocycles. The second kappa shape index (κ2) is 7.11. The molecule has 3 heterocycles. The molecule has 6 nitrogen and oxygen atoms in total. The van der Waals surface area contributed by atoms with Gasteiger partial charge in [-0.3, -0.25) is 9.58 Å². The Morgan fingerprint density at radius 2 is 1.97 bits per heavy atom. The van der Waals surface area contributed by atoms with E-state index in [1.165, 1.54) is 10.9 Å². The number of ether oxygens (including phenoxy) is 1. The second-order valence-corrected chi connectivity index (χ2v) is 9.63. The van der Waals surface area contributed by atoms with Crippen molar-refractivity contribution in [3.05, 3.63) is 29.6 Å². The highest BCUT2D eigenvalue weighted by Crippen LogP contribution is 2.82. The standard InChI is InChI=1S/C22H24F5N5O/c23-18(24)10-32-17(7-15(30-32)11-5-14(22(25,26)27)20(28)29-9-11)21-8-12-16(6-13(21)19(12)21)31-1-3-33-4-2-31/h5,7,9,12-13,16,18-19H,1-4,6,8,10H2,(H2,28,29)/t12?,13-,16?,19+,21-/m0/s1. The molecule has 6 rings (SSSR count). The van der Waals surface area contributed by atoms with Gasteiger partial charge in [0, 0.05) is 42.0 Å². The maximum absolute atomic E-state index is 13.3. The number of rotatable bonds is 5. The number of aromatic nitrogens is 3. The summed E-state index contributed by atoms with van der Waals surface area (Å²) >= 11 is 0. The predicted octanol–water partition coefficient (Wildman–Crippen LogP) is 3.42. The maximum atomic E-state index is 13.3. The minimum absolute atomic E-state index is 0.120. The van der Waals surface area contributed by atoms with Gasteiger partial charge in [0.05, 0.1) is 24.5 Å². The van der Waals surface area contributed by atoms with Gasteiger partial charge in [-0.2, -0.15) is 18.3 Å². The van der Waals surface area contributed by atoms with Crippen molar-refractivity contribution in [2.45, 2.75) is 43.4 Å². The van der Waals surface area contributed by atoms with Crippen molar-refractivity contribution in [3.63, 3.8) is 0 Å². The lowest BCUT2D eigenvalue weighted by Crippen LogP contribution is -2.52. The van der Waals surface area contributed by atoms with Crippen LogP contribution in [0.1, 0.15) is 24.1 Å². The summed E-state index contributed by atoms with van der Waals surface area (Å²) in [7, 11) is 0. The van der Waals surface area contributed by atoms with Gasteiger partial charge < -0.3 is 10.5 Å². The van der Waals surface area contributed by atoms with Crippen molar-refractivity contribution < 1.29 is 26.7 Å². The Balaban J connectivity index is 1.31. The third-order valence-electron chi connectivity index (χ3n) is 8.21. The van der Waals surface area contributed by atoms with Crippen LogP contribution in [0, 0.1) is 17.8 Å². The first-order chi connectivity index (χ1) is 15.7. The van der Waals surface area contributed by atoms with Crippen LogP contribution in [0.2, 0.25) is 0 Å². The normalized spacial score (nSPS) is 33.3. The van der Waals surface area contributed by atoms with E-state index in [2.05, 4.69) is 15.0 Å². The molecule has 4 aliphatic rings. The molecule has 11 heteroatoms. The van der Waals surface area contributed by atoms with Crippen molar-refractivity contribution in [2.75, 3.05) is 32.0 Å². The maximum Gasteiger partial charge on any atom is 0.419 e. The minimum Gasteiger partial charge on any atom is -0.383 e. The Morgan fingerprint density at radius 1 is 1.21 bits per heavy atom. The molecule has 1 saturated heterocycles. The zero-order chi connectivity index (χ0) is 23.1. The number of nitrogens with zero attached hydrogens (tertiary/aromatic N) is 4.